The van der Waals surface area contributed by atoms with Crippen molar-refractivity contribution in [1.29, 1.82) is 0 Å². The first-order valence-corrected chi connectivity index (χ1v) is 4.89. The molecule has 3 nitrogen and oxygen atoms in total. The predicted octanol–water partition coefficient (Wildman–Crippen LogP) is 0.281. The van der Waals surface area contributed by atoms with Crippen LogP contribution in [0.3, 0.4) is 0 Å². The van der Waals surface area contributed by atoms with E-state index in [4.69, 9.17) is 0 Å². The van der Waals surface area contributed by atoms with Gasteiger partial charge in [0.1, 0.15) is 5.66 Å². The Morgan fingerprint density at radius 1 is 1.23 bits per heavy atom. The van der Waals surface area contributed by atoms with Gasteiger partial charge in [0, 0.05) is 26.2 Å². The number of piperazine rings is 1. The van der Waals surface area contributed by atoms with Crippen molar-refractivity contribution in [1.82, 2.24) is 15.5 Å². The molecule has 2 aliphatic heterocycles. The average molecular weight is 179 g/mol. The predicted molar refractivity (Wildman–Crippen MR) is 54.3 cm³/mol. The molecule has 2 N–H and O–H groups in total. The lowest BCUT2D eigenvalue weighted by Crippen LogP contribution is -2.59. The zero-order chi connectivity index (χ0) is 9.15. The van der Waals surface area contributed by atoms with Gasteiger partial charge in [-0.05, 0) is 25.3 Å². The number of allylic oxidation sites excluding steroid dienone is 2. The van der Waals surface area contributed by atoms with Crippen LogP contribution in [0.15, 0.2) is 24.4 Å². The smallest absolute Gasteiger partial charge is 0.107 e. The number of hydrogen-bond donors (Lipinski definition) is 2. The van der Waals surface area contributed by atoms with Gasteiger partial charge < -0.3 is 10.6 Å². The molecule has 2 aliphatic rings. The minimum absolute atomic E-state index is 0.0247. The van der Waals surface area contributed by atoms with Gasteiger partial charge in [-0.25, -0.2) is 0 Å². The molecule has 1 saturated heterocycles. The van der Waals surface area contributed by atoms with Crippen molar-refractivity contribution in [3.8, 4) is 0 Å². The first-order chi connectivity index (χ1) is 6.31. The summed E-state index contributed by atoms with van der Waals surface area (Å²) >= 11 is 0. The molecule has 2 rings (SSSR count). The number of nitrogens with one attached hydrogen (secondary N) is 2. The van der Waals surface area contributed by atoms with Crippen LogP contribution in [0.2, 0.25) is 0 Å². The maximum Gasteiger partial charge on any atom is 0.107 e. The molecule has 0 aromatic heterocycles. The Hall–Kier alpha value is -0.800. The molecule has 72 valence electrons. The van der Waals surface area contributed by atoms with Crippen LogP contribution >= 0.6 is 0 Å². The summed E-state index contributed by atoms with van der Waals surface area (Å²) in [4.78, 5) is 2.46. The first kappa shape index (κ1) is 8.78. The van der Waals surface area contributed by atoms with Crippen LogP contribution in [0.25, 0.3) is 0 Å². The molecule has 13 heavy (non-hydrogen) atoms. The molecule has 0 aliphatic carbocycles. The summed E-state index contributed by atoms with van der Waals surface area (Å²) in [6.45, 7) is 6.63. The zero-order valence-electron chi connectivity index (χ0n) is 8.09. The van der Waals surface area contributed by atoms with Crippen LogP contribution in [0.1, 0.15) is 6.92 Å². The van der Waals surface area contributed by atoms with Crippen molar-refractivity contribution in [2.24, 2.45) is 0 Å². The Morgan fingerprint density at radius 3 is 2.62 bits per heavy atom. The average Bonchev–Trinajstić information content (AvgIpc) is 2.20. The summed E-state index contributed by atoms with van der Waals surface area (Å²) in [6.07, 6.45) is 8.38. The maximum absolute atomic E-state index is 3.40. The standard InChI is InChI=1S/C10H17N3/c1-10(4-2-3-5-12-10)13-8-6-11-7-9-13/h2-5,11-12H,6-9H2,1H3. The van der Waals surface area contributed by atoms with Crippen molar-refractivity contribution in [2.45, 2.75) is 12.6 Å². The van der Waals surface area contributed by atoms with E-state index in [0.717, 1.165) is 26.2 Å². The van der Waals surface area contributed by atoms with Crippen molar-refractivity contribution in [3.05, 3.63) is 24.4 Å². The molecule has 2 heterocycles. The minimum atomic E-state index is 0.0247. The third-order valence-corrected chi connectivity index (χ3v) is 2.78. The van der Waals surface area contributed by atoms with Gasteiger partial charge in [-0.2, -0.15) is 0 Å². The highest BCUT2D eigenvalue weighted by Crippen LogP contribution is 2.16. The van der Waals surface area contributed by atoms with E-state index >= 15 is 0 Å². The van der Waals surface area contributed by atoms with Gasteiger partial charge in [0.15, 0.2) is 0 Å². The molecular formula is C10H17N3. The van der Waals surface area contributed by atoms with Gasteiger partial charge in [-0.1, -0.05) is 6.08 Å². The number of hydrogen-bond acceptors (Lipinski definition) is 3. The van der Waals surface area contributed by atoms with Gasteiger partial charge >= 0.3 is 0 Å². The van der Waals surface area contributed by atoms with Gasteiger partial charge in [0.05, 0.1) is 0 Å². The summed E-state index contributed by atoms with van der Waals surface area (Å²) < 4.78 is 0. The second-order valence-corrected chi connectivity index (χ2v) is 3.75. The van der Waals surface area contributed by atoms with Crippen molar-refractivity contribution in [2.75, 3.05) is 26.2 Å². The van der Waals surface area contributed by atoms with Crippen molar-refractivity contribution in [3.63, 3.8) is 0 Å². The highest BCUT2D eigenvalue weighted by molar-refractivity contribution is 5.17. The van der Waals surface area contributed by atoms with E-state index < -0.39 is 0 Å². The third-order valence-electron chi connectivity index (χ3n) is 2.78. The van der Waals surface area contributed by atoms with E-state index in [1.807, 2.05) is 12.3 Å². The summed E-state index contributed by atoms with van der Waals surface area (Å²) in [5, 5.41) is 6.76. The molecule has 1 atom stereocenters. The lowest BCUT2D eigenvalue weighted by Gasteiger charge is -2.42. The fourth-order valence-electron chi connectivity index (χ4n) is 1.89. The van der Waals surface area contributed by atoms with Gasteiger partial charge in [0.25, 0.3) is 0 Å². The summed E-state index contributed by atoms with van der Waals surface area (Å²) in [5.41, 5.74) is 0.0247. The van der Waals surface area contributed by atoms with E-state index in [0.29, 0.717) is 0 Å². The topological polar surface area (TPSA) is 27.3 Å². The van der Waals surface area contributed by atoms with Crippen molar-refractivity contribution < 1.29 is 0 Å². The second kappa shape index (κ2) is 3.52. The van der Waals surface area contributed by atoms with Crippen LogP contribution in [0, 0.1) is 0 Å². The van der Waals surface area contributed by atoms with Crippen molar-refractivity contribution >= 4 is 0 Å². The Balaban J connectivity index is 2.04. The van der Waals surface area contributed by atoms with E-state index in [2.05, 4.69) is 34.6 Å². The Kier molecular flexibility index (Phi) is 2.38. The van der Waals surface area contributed by atoms with Crippen LogP contribution < -0.4 is 10.6 Å². The van der Waals surface area contributed by atoms with Crippen LogP contribution in [0.4, 0.5) is 0 Å². The normalized spacial score (nSPS) is 34.5. The SMILES string of the molecule is CC1(N2CCNCC2)C=CC=CN1. The fraction of sp³-hybridized carbons (Fsp3) is 0.600. The fourth-order valence-corrected chi connectivity index (χ4v) is 1.89. The monoisotopic (exact) mass is 179 g/mol. The first-order valence-electron chi connectivity index (χ1n) is 4.89. The lowest BCUT2D eigenvalue weighted by atomic mass is 10.1. The van der Waals surface area contributed by atoms with Crippen LogP contribution in [-0.2, 0) is 0 Å². The highest BCUT2D eigenvalue weighted by Gasteiger charge is 2.29. The molecule has 3 heteroatoms. The quantitative estimate of drug-likeness (QED) is 0.605. The highest BCUT2D eigenvalue weighted by atomic mass is 15.3. The van der Waals surface area contributed by atoms with Crippen LogP contribution in [0.5, 0.6) is 0 Å². The molecule has 0 amide bonds. The summed E-state index contributed by atoms with van der Waals surface area (Å²) in [7, 11) is 0. The minimum Gasteiger partial charge on any atom is -0.370 e. The van der Waals surface area contributed by atoms with Gasteiger partial charge in [-0.15, -0.1) is 0 Å². The molecule has 0 radical (unpaired) electrons. The molecule has 1 fully saturated rings. The summed E-state index contributed by atoms with van der Waals surface area (Å²) in [5.74, 6) is 0. The molecule has 0 aromatic carbocycles. The number of rotatable bonds is 1. The molecule has 0 bridgehead atoms. The molecule has 0 spiro atoms. The van der Waals surface area contributed by atoms with Gasteiger partial charge in [-0.3, -0.25) is 4.90 Å². The molecule has 0 aromatic rings. The zero-order valence-corrected chi connectivity index (χ0v) is 8.09. The molecule has 0 saturated carbocycles. The summed E-state index contributed by atoms with van der Waals surface area (Å²) in [6, 6.07) is 0. The number of nitrogens with zero attached hydrogens (tertiary/aromatic N) is 1. The van der Waals surface area contributed by atoms with Gasteiger partial charge in [0.2, 0.25) is 0 Å². The van der Waals surface area contributed by atoms with E-state index in [1.165, 1.54) is 0 Å². The molecule has 1 unspecified atom stereocenters. The Bertz CT molecular complexity index is 228. The lowest BCUT2D eigenvalue weighted by molar-refractivity contribution is 0.109. The van der Waals surface area contributed by atoms with E-state index in [9.17, 15) is 0 Å². The van der Waals surface area contributed by atoms with E-state index in [-0.39, 0.29) is 5.66 Å². The van der Waals surface area contributed by atoms with Crippen LogP contribution in [-0.4, -0.2) is 36.7 Å². The Morgan fingerprint density at radius 2 is 2.00 bits per heavy atom. The maximum atomic E-state index is 3.40. The number of dihydropyridines is 1. The Labute approximate surface area is 79.5 Å². The third kappa shape index (κ3) is 1.76. The largest absolute Gasteiger partial charge is 0.370 e. The molecular weight excluding hydrogens is 162 g/mol. The van der Waals surface area contributed by atoms with E-state index in [1.54, 1.807) is 0 Å². The second-order valence-electron chi connectivity index (χ2n) is 3.75.